The molecule has 35 heavy (non-hydrogen) atoms. The second-order valence-corrected chi connectivity index (χ2v) is 7.52. The van der Waals surface area contributed by atoms with E-state index >= 15 is 0 Å². The van der Waals surface area contributed by atoms with Crippen LogP contribution in [0.1, 0.15) is 28.5 Å². The molecule has 2 aromatic carbocycles. The molecule has 180 valence electrons. The van der Waals surface area contributed by atoms with Crippen molar-refractivity contribution in [2.24, 2.45) is 0 Å². The van der Waals surface area contributed by atoms with Crippen molar-refractivity contribution in [2.75, 3.05) is 6.61 Å². The molecule has 0 aliphatic carbocycles. The fourth-order valence-corrected chi connectivity index (χ4v) is 3.55. The smallest absolute Gasteiger partial charge is 0.491 e. The first-order chi connectivity index (χ1) is 16.8. The van der Waals surface area contributed by atoms with E-state index in [9.17, 15) is 22.8 Å². The molecule has 0 spiro atoms. The molecule has 5 rings (SSSR count). The lowest BCUT2D eigenvalue weighted by Crippen LogP contribution is -2.32. The molecule has 2 N–H and O–H groups in total. The number of H-pyrrole nitrogens is 1. The first kappa shape index (κ1) is 23.8. The van der Waals surface area contributed by atoms with Gasteiger partial charge >= 0.3 is 6.36 Å². The number of alkyl halides is 3. The van der Waals surface area contributed by atoms with Crippen LogP contribution in [-0.2, 0) is 0 Å². The first-order valence-electron chi connectivity index (χ1n) is 10.6. The van der Waals surface area contributed by atoms with Gasteiger partial charge in [-0.2, -0.15) is 0 Å². The van der Waals surface area contributed by atoms with Crippen LogP contribution in [0.4, 0.5) is 13.2 Å². The number of carbonyl (C=O) groups is 1. The highest BCUT2D eigenvalue weighted by molar-refractivity contribution is 5.98. The van der Waals surface area contributed by atoms with Crippen molar-refractivity contribution in [1.29, 1.82) is 0 Å². The van der Waals surface area contributed by atoms with Crippen LogP contribution in [0.5, 0.6) is 11.5 Å². The summed E-state index contributed by atoms with van der Waals surface area (Å²) in [4.78, 5) is 31.3. The number of hydrogen-bond donors (Lipinski definition) is 2. The second kappa shape index (κ2) is 10.3. The van der Waals surface area contributed by atoms with E-state index in [4.69, 9.17) is 4.74 Å². The zero-order chi connectivity index (χ0) is 24.8. The molecule has 4 aromatic rings. The van der Waals surface area contributed by atoms with Crippen molar-refractivity contribution in [3.8, 4) is 11.5 Å². The van der Waals surface area contributed by atoms with E-state index < -0.39 is 6.36 Å². The van der Waals surface area contributed by atoms with E-state index in [0.29, 0.717) is 29.7 Å². The predicted octanol–water partition coefficient (Wildman–Crippen LogP) is 4.76. The Balaban J connectivity index is 0.000000221. The van der Waals surface area contributed by atoms with E-state index in [1.54, 1.807) is 42.7 Å². The summed E-state index contributed by atoms with van der Waals surface area (Å²) in [5.41, 5.74) is 1.09. The van der Waals surface area contributed by atoms with Crippen molar-refractivity contribution >= 4 is 16.7 Å². The Hall–Kier alpha value is -4.34. The van der Waals surface area contributed by atoms with Gasteiger partial charge in [0.2, 0.25) is 0 Å². The molecule has 0 fully saturated rings. The predicted molar refractivity (Wildman–Crippen MR) is 122 cm³/mol. The normalized spacial score (nSPS) is 14.7. The van der Waals surface area contributed by atoms with Gasteiger partial charge in [0.25, 0.3) is 11.5 Å². The van der Waals surface area contributed by atoms with Gasteiger partial charge in [-0.05, 0) is 53.9 Å². The van der Waals surface area contributed by atoms with E-state index in [-0.39, 0.29) is 23.3 Å². The monoisotopic (exact) mass is 483 g/mol. The standard InChI is InChI=1S/C18H15N3O3.C7H5F3O/c22-17(12-3-4-13-11(10-12)5-8-20-18(13)23)21-14-6-9-24-15-2-1-7-19-16(14)15;8-7(9,10)11-6-4-2-1-3-5-6/h1-5,7-8,10,14H,6,9H2,(H,20,23)(H,21,22);1-5H. The molecule has 0 radical (unpaired) electrons. The number of halogens is 3. The van der Waals surface area contributed by atoms with E-state index in [0.717, 1.165) is 11.1 Å². The topological polar surface area (TPSA) is 93.3 Å². The summed E-state index contributed by atoms with van der Waals surface area (Å²) in [6.07, 6.45) is -0.662. The van der Waals surface area contributed by atoms with Crippen molar-refractivity contribution in [3.05, 3.63) is 101 Å². The number of benzene rings is 2. The minimum atomic E-state index is -4.60. The molecule has 10 heteroatoms. The minimum absolute atomic E-state index is 0.165. The molecular weight excluding hydrogens is 463 g/mol. The number of nitrogens with zero attached hydrogens (tertiary/aromatic N) is 1. The van der Waals surface area contributed by atoms with Crippen LogP contribution < -0.4 is 20.3 Å². The van der Waals surface area contributed by atoms with Crippen LogP contribution in [0.25, 0.3) is 10.8 Å². The van der Waals surface area contributed by atoms with Gasteiger partial charge in [0.15, 0.2) is 0 Å². The molecule has 0 saturated heterocycles. The molecule has 7 nitrogen and oxygen atoms in total. The van der Waals surface area contributed by atoms with Gasteiger partial charge in [-0.1, -0.05) is 18.2 Å². The molecular formula is C25H20F3N3O4. The molecule has 1 amide bonds. The lowest BCUT2D eigenvalue weighted by Gasteiger charge is -2.25. The quantitative estimate of drug-likeness (QED) is 0.438. The Morgan fingerprint density at radius 1 is 1.09 bits per heavy atom. The Morgan fingerprint density at radius 3 is 2.66 bits per heavy atom. The number of aromatic nitrogens is 2. The van der Waals surface area contributed by atoms with E-state index in [1.807, 2.05) is 12.1 Å². The van der Waals surface area contributed by atoms with E-state index in [1.165, 1.54) is 24.3 Å². The zero-order valence-electron chi connectivity index (χ0n) is 18.2. The Labute approximate surface area is 197 Å². The zero-order valence-corrected chi connectivity index (χ0v) is 18.2. The number of hydrogen-bond acceptors (Lipinski definition) is 5. The summed E-state index contributed by atoms with van der Waals surface area (Å²) in [5, 5.41) is 4.30. The lowest BCUT2D eigenvalue weighted by atomic mass is 10.0. The molecule has 1 aliphatic heterocycles. The average Bonchev–Trinajstić information content (AvgIpc) is 2.84. The van der Waals surface area contributed by atoms with Gasteiger partial charge in [-0.25, -0.2) is 0 Å². The number of para-hydroxylation sites is 1. The molecule has 2 aromatic heterocycles. The third-order valence-corrected chi connectivity index (χ3v) is 5.11. The van der Waals surface area contributed by atoms with Gasteiger partial charge in [-0.3, -0.25) is 14.6 Å². The largest absolute Gasteiger partial charge is 0.573 e. The number of pyridine rings is 2. The molecule has 0 saturated carbocycles. The van der Waals surface area contributed by atoms with Gasteiger partial charge in [0, 0.05) is 29.8 Å². The summed E-state index contributed by atoms with van der Waals surface area (Å²) >= 11 is 0. The summed E-state index contributed by atoms with van der Waals surface area (Å²) in [6.45, 7) is 0.538. The van der Waals surface area contributed by atoms with Crippen LogP contribution in [0.15, 0.2) is 83.9 Å². The Morgan fingerprint density at radius 2 is 1.89 bits per heavy atom. The van der Waals surface area contributed by atoms with Gasteiger partial charge in [-0.15, -0.1) is 13.2 Å². The van der Waals surface area contributed by atoms with Crippen LogP contribution in [0.2, 0.25) is 0 Å². The SMILES string of the molecule is FC(F)(F)Oc1ccccc1.O=C(NC1CCOc2cccnc21)c1ccc2c(=O)[nH]ccc2c1. The maximum absolute atomic E-state index is 12.6. The van der Waals surface area contributed by atoms with Crippen molar-refractivity contribution in [2.45, 2.75) is 18.8 Å². The number of ether oxygens (including phenoxy) is 2. The lowest BCUT2D eigenvalue weighted by molar-refractivity contribution is -0.274. The number of carbonyl (C=O) groups excluding carboxylic acids is 1. The van der Waals surface area contributed by atoms with E-state index in [2.05, 4.69) is 20.0 Å². The highest BCUT2D eigenvalue weighted by Gasteiger charge is 2.30. The maximum Gasteiger partial charge on any atom is 0.573 e. The number of rotatable bonds is 3. The second-order valence-electron chi connectivity index (χ2n) is 7.52. The van der Waals surface area contributed by atoms with Crippen molar-refractivity contribution < 1.29 is 27.4 Å². The molecule has 3 heterocycles. The van der Waals surface area contributed by atoms with Crippen LogP contribution in [0, 0.1) is 0 Å². The number of nitrogens with one attached hydrogen (secondary N) is 2. The third-order valence-electron chi connectivity index (χ3n) is 5.11. The number of fused-ring (bicyclic) bond motifs is 2. The van der Waals surface area contributed by atoms with Crippen molar-refractivity contribution in [1.82, 2.24) is 15.3 Å². The number of amides is 1. The van der Waals surface area contributed by atoms with Crippen molar-refractivity contribution in [3.63, 3.8) is 0 Å². The average molecular weight is 483 g/mol. The van der Waals surface area contributed by atoms with Crippen LogP contribution in [0.3, 0.4) is 0 Å². The number of aromatic amines is 1. The fraction of sp³-hybridized carbons (Fsp3) is 0.160. The van der Waals surface area contributed by atoms with Gasteiger partial charge < -0.3 is 19.8 Å². The molecule has 1 atom stereocenters. The van der Waals surface area contributed by atoms with Gasteiger partial charge in [0.1, 0.15) is 17.2 Å². The molecule has 0 bridgehead atoms. The molecule has 1 aliphatic rings. The Bertz CT molecular complexity index is 1370. The highest BCUT2D eigenvalue weighted by atomic mass is 19.4. The first-order valence-corrected chi connectivity index (χ1v) is 10.6. The summed E-state index contributed by atoms with van der Waals surface area (Å²) in [5.74, 6) is 0.319. The third kappa shape index (κ3) is 6.17. The minimum Gasteiger partial charge on any atom is -0.491 e. The summed E-state index contributed by atoms with van der Waals surface area (Å²) in [6, 6.07) is 17.3. The fourth-order valence-electron chi connectivity index (χ4n) is 3.55. The highest BCUT2D eigenvalue weighted by Crippen LogP contribution is 2.30. The molecule has 1 unspecified atom stereocenters. The Kier molecular flexibility index (Phi) is 7.00. The van der Waals surface area contributed by atoms with Crippen LogP contribution >= 0.6 is 0 Å². The summed E-state index contributed by atoms with van der Waals surface area (Å²) < 4.78 is 43.7. The van der Waals surface area contributed by atoms with Gasteiger partial charge in [0.05, 0.1) is 12.6 Å². The maximum atomic E-state index is 12.6. The summed E-state index contributed by atoms with van der Waals surface area (Å²) in [7, 11) is 0. The van der Waals surface area contributed by atoms with Crippen LogP contribution in [-0.4, -0.2) is 28.8 Å².